The lowest BCUT2D eigenvalue weighted by molar-refractivity contribution is 0.503. The molecule has 0 aliphatic rings. The number of hydrogen-bond donors (Lipinski definition) is 2. The van der Waals surface area contributed by atoms with Gasteiger partial charge in [-0.05, 0) is 31.0 Å². The second-order valence-corrected chi connectivity index (χ2v) is 5.86. The summed E-state index contributed by atoms with van der Waals surface area (Å²) in [6.45, 7) is 1.96. The van der Waals surface area contributed by atoms with E-state index < -0.39 is 0 Å². The molecule has 1 heterocycles. The van der Waals surface area contributed by atoms with Crippen LogP contribution in [-0.2, 0) is 12.8 Å². The number of hydrazine groups is 1. The van der Waals surface area contributed by atoms with E-state index in [0.29, 0.717) is 23.4 Å². The summed E-state index contributed by atoms with van der Waals surface area (Å²) in [6.07, 6.45) is 1.17. The Balaban J connectivity index is 2.06. The molecule has 0 bridgehead atoms. The highest BCUT2D eigenvalue weighted by atomic mass is 35.5. The predicted molar refractivity (Wildman–Crippen MR) is 76.8 cm³/mol. The first-order chi connectivity index (χ1) is 9.08. The number of thiazole rings is 1. The molecule has 0 radical (unpaired) electrons. The van der Waals surface area contributed by atoms with Crippen LogP contribution in [0.3, 0.4) is 0 Å². The molecule has 1 atom stereocenters. The van der Waals surface area contributed by atoms with Crippen molar-refractivity contribution in [3.05, 3.63) is 50.7 Å². The predicted octanol–water partition coefficient (Wildman–Crippen LogP) is 2.86. The molecule has 0 fully saturated rings. The van der Waals surface area contributed by atoms with E-state index in [-0.39, 0.29) is 11.9 Å². The van der Waals surface area contributed by atoms with Crippen LogP contribution in [0.4, 0.5) is 4.39 Å². The van der Waals surface area contributed by atoms with Crippen LogP contribution in [0.25, 0.3) is 0 Å². The van der Waals surface area contributed by atoms with Crippen molar-refractivity contribution in [2.24, 2.45) is 5.84 Å². The summed E-state index contributed by atoms with van der Waals surface area (Å²) in [4.78, 5) is 4.38. The Hall–Kier alpha value is -1.01. The summed E-state index contributed by atoms with van der Waals surface area (Å²) in [5.74, 6) is 5.23. The molecule has 19 heavy (non-hydrogen) atoms. The maximum Gasteiger partial charge on any atom is 0.127 e. The number of benzene rings is 1. The van der Waals surface area contributed by atoms with Gasteiger partial charge in [0.25, 0.3) is 0 Å². The lowest BCUT2D eigenvalue weighted by atomic mass is 10.0. The van der Waals surface area contributed by atoms with E-state index in [1.54, 1.807) is 23.5 Å². The highest BCUT2D eigenvalue weighted by molar-refractivity contribution is 7.09. The van der Waals surface area contributed by atoms with Crippen molar-refractivity contribution in [1.29, 1.82) is 0 Å². The average molecular weight is 300 g/mol. The Morgan fingerprint density at radius 1 is 1.47 bits per heavy atom. The third kappa shape index (κ3) is 3.98. The number of nitrogens with two attached hydrogens (primary N) is 1. The van der Waals surface area contributed by atoms with Crippen molar-refractivity contribution < 1.29 is 4.39 Å². The summed E-state index contributed by atoms with van der Waals surface area (Å²) < 4.78 is 13.7. The molecule has 2 aromatic rings. The quantitative estimate of drug-likeness (QED) is 0.659. The Morgan fingerprint density at radius 2 is 2.26 bits per heavy atom. The van der Waals surface area contributed by atoms with Crippen molar-refractivity contribution in [2.75, 3.05) is 0 Å². The van der Waals surface area contributed by atoms with Gasteiger partial charge in [0.15, 0.2) is 0 Å². The first-order valence-corrected chi connectivity index (χ1v) is 7.15. The number of rotatable bonds is 5. The van der Waals surface area contributed by atoms with E-state index >= 15 is 0 Å². The van der Waals surface area contributed by atoms with Crippen LogP contribution in [0, 0.1) is 12.7 Å². The van der Waals surface area contributed by atoms with Crippen molar-refractivity contribution in [3.8, 4) is 0 Å². The van der Waals surface area contributed by atoms with Gasteiger partial charge >= 0.3 is 0 Å². The minimum absolute atomic E-state index is 0.0582. The lowest BCUT2D eigenvalue weighted by Crippen LogP contribution is -2.38. The van der Waals surface area contributed by atoms with Gasteiger partial charge in [-0.1, -0.05) is 17.7 Å². The molecule has 0 saturated carbocycles. The lowest BCUT2D eigenvalue weighted by Gasteiger charge is -2.15. The fourth-order valence-corrected chi connectivity index (χ4v) is 2.68. The number of aryl methyl sites for hydroxylation is 1. The molecule has 2 rings (SSSR count). The fraction of sp³-hybridized carbons (Fsp3) is 0.308. The van der Waals surface area contributed by atoms with Crippen LogP contribution in [0.2, 0.25) is 5.02 Å². The maximum atomic E-state index is 13.7. The third-order valence-corrected chi connectivity index (χ3v) is 3.90. The van der Waals surface area contributed by atoms with E-state index in [1.807, 2.05) is 12.3 Å². The van der Waals surface area contributed by atoms with Crippen molar-refractivity contribution >= 4 is 22.9 Å². The Kier molecular flexibility index (Phi) is 4.87. The van der Waals surface area contributed by atoms with Gasteiger partial charge < -0.3 is 0 Å². The van der Waals surface area contributed by atoms with Gasteiger partial charge in [0.05, 0.1) is 10.7 Å². The molecule has 1 aromatic heterocycles. The molecule has 102 valence electrons. The van der Waals surface area contributed by atoms with Crippen LogP contribution in [-0.4, -0.2) is 11.0 Å². The summed E-state index contributed by atoms with van der Waals surface area (Å²) in [6, 6.07) is 4.63. The highest BCUT2D eigenvalue weighted by Crippen LogP contribution is 2.17. The number of hydrogen-bond acceptors (Lipinski definition) is 4. The molecule has 3 N–H and O–H groups in total. The molecule has 1 unspecified atom stereocenters. The van der Waals surface area contributed by atoms with E-state index in [1.165, 1.54) is 6.07 Å². The second kappa shape index (κ2) is 6.43. The minimum atomic E-state index is -0.304. The molecule has 3 nitrogen and oxygen atoms in total. The zero-order chi connectivity index (χ0) is 13.8. The zero-order valence-electron chi connectivity index (χ0n) is 10.5. The van der Waals surface area contributed by atoms with Gasteiger partial charge in [-0.3, -0.25) is 11.3 Å². The first-order valence-electron chi connectivity index (χ1n) is 5.89. The van der Waals surface area contributed by atoms with Crippen LogP contribution >= 0.6 is 22.9 Å². The number of halogens is 2. The molecule has 0 aliphatic carbocycles. The van der Waals surface area contributed by atoms with Crippen molar-refractivity contribution in [1.82, 2.24) is 10.4 Å². The van der Waals surface area contributed by atoms with Crippen LogP contribution in [0.5, 0.6) is 0 Å². The van der Waals surface area contributed by atoms with Crippen LogP contribution < -0.4 is 11.3 Å². The summed E-state index contributed by atoms with van der Waals surface area (Å²) in [5, 5.41) is 3.41. The Labute approximate surface area is 120 Å². The van der Waals surface area contributed by atoms with Gasteiger partial charge in [0.2, 0.25) is 0 Å². The number of nitrogens with zero attached hydrogens (tertiary/aromatic N) is 1. The van der Waals surface area contributed by atoms with E-state index in [0.717, 1.165) is 10.7 Å². The average Bonchev–Trinajstić information content (AvgIpc) is 2.77. The Bertz CT molecular complexity index is 559. The SMILES string of the molecule is Cc1nc(CC(Cc2ccc(Cl)cc2F)NN)cs1. The normalized spacial score (nSPS) is 12.6. The fourth-order valence-electron chi connectivity index (χ4n) is 1.90. The minimum Gasteiger partial charge on any atom is -0.271 e. The van der Waals surface area contributed by atoms with Gasteiger partial charge in [0.1, 0.15) is 5.82 Å². The van der Waals surface area contributed by atoms with Crippen LogP contribution in [0.1, 0.15) is 16.3 Å². The van der Waals surface area contributed by atoms with Crippen LogP contribution in [0.15, 0.2) is 23.6 Å². The van der Waals surface area contributed by atoms with E-state index in [9.17, 15) is 4.39 Å². The van der Waals surface area contributed by atoms with Gasteiger partial charge in [-0.15, -0.1) is 11.3 Å². The smallest absolute Gasteiger partial charge is 0.127 e. The van der Waals surface area contributed by atoms with E-state index in [4.69, 9.17) is 17.4 Å². The molecule has 0 amide bonds. The Morgan fingerprint density at radius 3 is 2.84 bits per heavy atom. The monoisotopic (exact) mass is 299 g/mol. The van der Waals surface area contributed by atoms with Gasteiger partial charge in [0, 0.05) is 22.9 Å². The summed E-state index contributed by atoms with van der Waals surface area (Å²) in [7, 11) is 0. The molecule has 0 saturated heterocycles. The standard InChI is InChI=1S/C13H15ClFN3S/c1-8-17-12(7-19-8)6-11(18-16)4-9-2-3-10(14)5-13(9)15/h2-3,5,7,11,18H,4,6,16H2,1H3. The van der Waals surface area contributed by atoms with Crippen molar-refractivity contribution in [3.63, 3.8) is 0 Å². The molecule has 0 aliphatic heterocycles. The number of aromatic nitrogens is 1. The van der Waals surface area contributed by atoms with Gasteiger partial charge in [-0.2, -0.15) is 0 Å². The van der Waals surface area contributed by atoms with Gasteiger partial charge in [-0.25, -0.2) is 9.37 Å². The molecular weight excluding hydrogens is 285 g/mol. The number of nitrogens with one attached hydrogen (secondary N) is 1. The summed E-state index contributed by atoms with van der Waals surface area (Å²) >= 11 is 7.33. The van der Waals surface area contributed by atoms with Crippen molar-refractivity contribution in [2.45, 2.75) is 25.8 Å². The second-order valence-electron chi connectivity index (χ2n) is 4.37. The molecular formula is C13H15ClFN3S. The highest BCUT2D eigenvalue weighted by Gasteiger charge is 2.13. The zero-order valence-corrected chi connectivity index (χ0v) is 12.1. The van der Waals surface area contributed by atoms with E-state index in [2.05, 4.69) is 10.4 Å². The summed E-state index contributed by atoms with van der Waals surface area (Å²) in [5.41, 5.74) is 4.28. The topological polar surface area (TPSA) is 50.9 Å². The first kappa shape index (κ1) is 14.4. The maximum absolute atomic E-state index is 13.7. The molecule has 6 heteroatoms. The third-order valence-electron chi connectivity index (χ3n) is 2.84. The molecule has 1 aromatic carbocycles. The molecule has 0 spiro atoms. The largest absolute Gasteiger partial charge is 0.271 e.